The fraction of sp³-hybridized carbons (Fsp3) is 0.375. The lowest BCUT2D eigenvalue weighted by atomic mass is 10.0. The molecule has 114 valence electrons. The zero-order chi connectivity index (χ0) is 14.9. The first-order valence-electron chi connectivity index (χ1n) is 7.44. The molecule has 0 atom stereocenters. The molecule has 3 aromatic heterocycles. The largest absolute Gasteiger partial charge is 0.468 e. The van der Waals surface area contributed by atoms with E-state index in [9.17, 15) is 4.79 Å². The van der Waals surface area contributed by atoms with E-state index in [0.29, 0.717) is 0 Å². The van der Waals surface area contributed by atoms with Gasteiger partial charge in [0.25, 0.3) is 5.56 Å². The molecule has 4 nitrogen and oxygen atoms in total. The van der Waals surface area contributed by atoms with Crippen molar-refractivity contribution in [3.63, 3.8) is 0 Å². The number of furan rings is 1. The quantitative estimate of drug-likeness (QED) is 0.731. The summed E-state index contributed by atoms with van der Waals surface area (Å²) in [5.41, 5.74) is 2.12. The van der Waals surface area contributed by atoms with Crippen LogP contribution >= 0.6 is 23.1 Å². The summed E-state index contributed by atoms with van der Waals surface area (Å²) in [6.45, 7) is 0. The second kappa shape index (κ2) is 5.93. The minimum absolute atomic E-state index is 0.0676. The van der Waals surface area contributed by atoms with Gasteiger partial charge < -0.3 is 4.42 Å². The third-order valence-corrected chi connectivity index (χ3v) is 6.02. The van der Waals surface area contributed by atoms with Crippen molar-refractivity contribution in [2.75, 3.05) is 0 Å². The van der Waals surface area contributed by atoms with Crippen LogP contribution in [-0.4, -0.2) is 9.38 Å². The molecule has 0 aromatic carbocycles. The molecule has 3 heterocycles. The lowest BCUT2D eigenvalue weighted by molar-refractivity contribution is 0.530. The van der Waals surface area contributed by atoms with Crippen molar-refractivity contribution in [1.82, 2.24) is 9.38 Å². The van der Waals surface area contributed by atoms with Crippen LogP contribution in [0.1, 0.15) is 34.9 Å². The molecule has 1 aliphatic rings. The van der Waals surface area contributed by atoms with Crippen LogP contribution in [0.15, 0.2) is 33.7 Å². The second-order valence-corrected chi connectivity index (χ2v) is 7.50. The van der Waals surface area contributed by atoms with Gasteiger partial charge in [-0.2, -0.15) is 0 Å². The maximum Gasteiger partial charge on any atom is 0.259 e. The molecule has 4 rings (SSSR count). The zero-order valence-electron chi connectivity index (χ0n) is 12.1. The van der Waals surface area contributed by atoms with Crippen molar-refractivity contribution >= 4 is 28.1 Å². The van der Waals surface area contributed by atoms with Crippen molar-refractivity contribution in [3.05, 3.63) is 56.8 Å². The first-order chi connectivity index (χ1) is 10.8. The minimum Gasteiger partial charge on any atom is -0.468 e. The monoisotopic (exact) mass is 332 g/mol. The van der Waals surface area contributed by atoms with E-state index in [0.717, 1.165) is 40.8 Å². The Bertz CT molecular complexity index is 849. The molecule has 0 saturated heterocycles. The lowest BCUT2D eigenvalue weighted by Gasteiger charge is -2.10. The molecule has 6 heteroatoms. The fourth-order valence-corrected chi connectivity index (χ4v) is 4.92. The van der Waals surface area contributed by atoms with Gasteiger partial charge in [-0.25, -0.2) is 4.98 Å². The lowest BCUT2D eigenvalue weighted by Crippen LogP contribution is -2.17. The second-order valence-electron chi connectivity index (χ2n) is 5.45. The molecular formula is C16H16N2O2S2. The van der Waals surface area contributed by atoms with Crippen molar-refractivity contribution in [2.45, 2.75) is 37.2 Å². The van der Waals surface area contributed by atoms with Crippen LogP contribution in [0.4, 0.5) is 0 Å². The number of nitrogens with zero attached hydrogens (tertiary/aromatic N) is 2. The molecule has 0 unspecified atom stereocenters. The molecule has 3 aromatic rings. The standard InChI is InChI=1S/C16H16N2O2S2/c19-15-8-11(9-21-10-12-4-3-7-20-12)17-16-18(15)13-5-1-2-6-14(13)22-16/h3-4,7-8H,1-2,5-6,9-10H2. The summed E-state index contributed by atoms with van der Waals surface area (Å²) in [7, 11) is 0. The highest BCUT2D eigenvalue weighted by Crippen LogP contribution is 2.28. The summed E-state index contributed by atoms with van der Waals surface area (Å²) in [5.74, 6) is 2.48. The number of hydrogen-bond acceptors (Lipinski definition) is 5. The normalized spacial score (nSPS) is 14.4. The summed E-state index contributed by atoms with van der Waals surface area (Å²) in [4.78, 5) is 19.3. The zero-order valence-corrected chi connectivity index (χ0v) is 13.7. The van der Waals surface area contributed by atoms with E-state index in [1.54, 1.807) is 35.4 Å². The smallest absolute Gasteiger partial charge is 0.259 e. The Morgan fingerprint density at radius 3 is 3.09 bits per heavy atom. The molecule has 0 radical (unpaired) electrons. The third kappa shape index (κ3) is 2.61. The number of aromatic nitrogens is 2. The Balaban J connectivity index is 1.58. The van der Waals surface area contributed by atoms with Crippen molar-refractivity contribution in [3.8, 4) is 0 Å². The van der Waals surface area contributed by atoms with Crippen LogP contribution in [0.2, 0.25) is 0 Å². The van der Waals surface area contributed by atoms with Gasteiger partial charge in [0.15, 0.2) is 4.96 Å². The summed E-state index contributed by atoms with van der Waals surface area (Å²) in [5, 5.41) is 0. The summed E-state index contributed by atoms with van der Waals surface area (Å²) >= 11 is 3.40. The van der Waals surface area contributed by atoms with Gasteiger partial charge in [0.1, 0.15) is 5.76 Å². The van der Waals surface area contributed by atoms with Crippen LogP contribution in [0.5, 0.6) is 0 Å². The number of thiazole rings is 1. The van der Waals surface area contributed by atoms with Gasteiger partial charge >= 0.3 is 0 Å². The van der Waals surface area contributed by atoms with Gasteiger partial charge in [-0.05, 0) is 37.8 Å². The van der Waals surface area contributed by atoms with Crippen molar-refractivity contribution < 1.29 is 4.42 Å². The van der Waals surface area contributed by atoms with Gasteiger partial charge in [0.2, 0.25) is 0 Å². The molecule has 0 amide bonds. The Morgan fingerprint density at radius 1 is 1.32 bits per heavy atom. The number of hydrogen-bond donors (Lipinski definition) is 0. The highest BCUT2D eigenvalue weighted by molar-refractivity contribution is 7.97. The molecule has 0 saturated carbocycles. The summed E-state index contributed by atoms with van der Waals surface area (Å²) in [6, 6.07) is 5.54. The van der Waals surface area contributed by atoms with Crippen molar-refractivity contribution in [1.29, 1.82) is 0 Å². The molecular weight excluding hydrogens is 316 g/mol. The Kier molecular flexibility index (Phi) is 3.80. The van der Waals surface area contributed by atoms with E-state index in [-0.39, 0.29) is 5.56 Å². The topological polar surface area (TPSA) is 47.5 Å². The average Bonchev–Trinajstić information content (AvgIpc) is 3.14. The molecule has 0 spiro atoms. The van der Waals surface area contributed by atoms with E-state index in [2.05, 4.69) is 4.98 Å². The van der Waals surface area contributed by atoms with Crippen LogP contribution < -0.4 is 5.56 Å². The van der Waals surface area contributed by atoms with Gasteiger partial charge in [-0.15, -0.1) is 23.1 Å². The number of fused-ring (bicyclic) bond motifs is 3. The maximum absolute atomic E-state index is 12.4. The first-order valence-corrected chi connectivity index (χ1v) is 9.42. The Morgan fingerprint density at radius 2 is 2.23 bits per heavy atom. The highest BCUT2D eigenvalue weighted by Gasteiger charge is 2.18. The minimum atomic E-state index is 0.0676. The molecule has 0 aliphatic heterocycles. The van der Waals surface area contributed by atoms with Crippen LogP contribution in [0, 0.1) is 0 Å². The van der Waals surface area contributed by atoms with E-state index in [4.69, 9.17) is 4.42 Å². The van der Waals surface area contributed by atoms with E-state index >= 15 is 0 Å². The Hall–Kier alpha value is -1.53. The fourth-order valence-electron chi connectivity index (χ4n) is 2.87. The molecule has 0 fully saturated rings. The summed E-state index contributed by atoms with van der Waals surface area (Å²) < 4.78 is 7.13. The van der Waals surface area contributed by atoms with Gasteiger partial charge in [0, 0.05) is 22.4 Å². The SMILES string of the molecule is O=c1cc(CSCc2ccco2)nc2sc3c(n12)CCCC3. The van der Waals surface area contributed by atoms with Gasteiger partial charge in [-0.3, -0.25) is 9.20 Å². The maximum atomic E-state index is 12.4. The van der Waals surface area contributed by atoms with Crippen LogP contribution in [0.25, 0.3) is 4.96 Å². The van der Waals surface area contributed by atoms with Gasteiger partial charge in [0.05, 0.1) is 17.7 Å². The molecule has 0 N–H and O–H groups in total. The van der Waals surface area contributed by atoms with E-state index in [1.807, 2.05) is 16.5 Å². The highest BCUT2D eigenvalue weighted by atomic mass is 32.2. The third-order valence-electron chi connectivity index (χ3n) is 3.89. The predicted octanol–water partition coefficient (Wildman–Crippen LogP) is 3.66. The van der Waals surface area contributed by atoms with Crippen LogP contribution in [0.3, 0.4) is 0 Å². The van der Waals surface area contributed by atoms with Gasteiger partial charge in [-0.1, -0.05) is 0 Å². The summed E-state index contributed by atoms with van der Waals surface area (Å²) in [6.07, 6.45) is 6.17. The Labute approximate surface area is 136 Å². The van der Waals surface area contributed by atoms with E-state index in [1.165, 1.54) is 23.4 Å². The number of rotatable bonds is 4. The predicted molar refractivity (Wildman–Crippen MR) is 89.7 cm³/mol. The first kappa shape index (κ1) is 14.1. The van der Waals surface area contributed by atoms with E-state index < -0.39 is 0 Å². The molecule has 22 heavy (non-hydrogen) atoms. The van der Waals surface area contributed by atoms with Crippen LogP contribution in [-0.2, 0) is 24.3 Å². The molecule has 1 aliphatic carbocycles. The average molecular weight is 332 g/mol. The number of aryl methyl sites for hydroxylation is 2. The number of thioether (sulfide) groups is 1. The van der Waals surface area contributed by atoms with Crippen molar-refractivity contribution in [2.24, 2.45) is 0 Å². The molecule has 0 bridgehead atoms.